The summed E-state index contributed by atoms with van der Waals surface area (Å²) in [7, 11) is 1.77. The van der Waals surface area contributed by atoms with Crippen molar-refractivity contribution in [1.29, 1.82) is 0 Å². The third-order valence-electron chi connectivity index (χ3n) is 2.38. The van der Waals surface area contributed by atoms with Crippen LogP contribution in [0.15, 0.2) is 12.7 Å². The van der Waals surface area contributed by atoms with Gasteiger partial charge >= 0.3 is 0 Å². The van der Waals surface area contributed by atoms with Crippen LogP contribution in [0.25, 0.3) is 0 Å². The zero-order valence-electron chi connectivity index (χ0n) is 9.69. The van der Waals surface area contributed by atoms with Gasteiger partial charge in [0.1, 0.15) is 0 Å². The lowest BCUT2D eigenvalue weighted by atomic mass is 9.86. The van der Waals surface area contributed by atoms with Crippen molar-refractivity contribution in [3.8, 4) is 0 Å². The predicted molar refractivity (Wildman–Crippen MR) is 59.3 cm³/mol. The highest BCUT2D eigenvalue weighted by Crippen LogP contribution is 2.20. The Bertz CT molecular complexity index is 319. The number of hydrogen-bond donors (Lipinski definition) is 1. The molecular formula is C10H19N5. The summed E-state index contributed by atoms with van der Waals surface area (Å²) in [4.78, 5) is 1.48. The molecule has 0 aliphatic heterocycles. The van der Waals surface area contributed by atoms with E-state index in [-0.39, 0.29) is 5.41 Å². The summed E-state index contributed by atoms with van der Waals surface area (Å²) in [5, 5.41) is 15.3. The van der Waals surface area contributed by atoms with Gasteiger partial charge in [0.25, 0.3) is 0 Å². The summed E-state index contributed by atoms with van der Waals surface area (Å²) in [6.07, 6.45) is 2.71. The monoisotopic (exact) mass is 209 g/mol. The number of aryl methyl sites for hydroxylation is 1. The molecule has 0 fully saturated rings. The molecule has 1 aromatic heterocycles. The van der Waals surface area contributed by atoms with Crippen LogP contribution in [0, 0.1) is 5.41 Å². The first-order valence-electron chi connectivity index (χ1n) is 5.17. The lowest BCUT2D eigenvalue weighted by Crippen LogP contribution is -2.32. The Balaban J connectivity index is 2.63. The van der Waals surface area contributed by atoms with Crippen LogP contribution in [0.5, 0.6) is 0 Å². The fourth-order valence-electron chi connectivity index (χ4n) is 1.37. The van der Waals surface area contributed by atoms with E-state index in [4.69, 9.17) is 0 Å². The van der Waals surface area contributed by atoms with Gasteiger partial charge in [-0.1, -0.05) is 19.9 Å². The highest BCUT2D eigenvalue weighted by atomic mass is 15.6. The van der Waals surface area contributed by atoms with Crippen LogP contribution < -0.4 is 5.32 Å². The number of hydrogen-bond acceptors (Lipinski definition) is 4. The SMILES string of the molecule is C=CC(C)(CNCC)Cc1nnn(C)n1. The van der Waals surface area contributed by atoms with Crippen molar-refractivity contribution in [3.63, 3.8) is 0 Å². The van der Waals surface area contributed by atoms with Gasteiger partial charge in [0.05, 0.1) is 7.05 Å². The molecule has 0 amide bonds. The molecule has 0 bridgehead atoms. The topological polar surface area (TPSA) is 55.6 Å². The minimum absolute atomic E-state index is 0.0148. The summed E-state index contributed by atoms with van der Waals surface area (Å²) in [5.41, 5.74) is -0.0148. The Morgan fingerprint density at radius 3 is 2.80 bits per heavy atom. The average Bonchev–Trinajstić information content (AvgIpc) is 2.61. The lowest BCUT2D eigenvalue weighted by Gasteiger charge is -2.24. The molecule has 5 nitrogen and oxygen atoms in total. The summed E-state index contributed by atoms with van der Waals surface area (Å²) in [5.74, 6) is 0.762. The Hall–Kier alpha value is -1.23. The van der Waals surface area contributed by atoms with Crippen LogP contribution in [0.3, 0.4) is 0 Å². The number of rotatable bonds is 6. The van der Waals surface area contributed by atoms with E-state index in [1.807, 2.05) is 6.08 Å². The first-order chi connectivity index (χ1) is 7.09. The van der Waals surface area contributed by atoms with Crippen molar-refractivity contribution in [3.05, 3.63) is 18.5 Å². The summed E-state index contributed by atoms with van der Waals surface area (Å²) in [6.45, 7) is 9.93. The standard InChI is InChI=1S/C10H19N5/c1-5-10(3,8-11-6-2)7-9-12-14-15(4)13-9/h5,11H,1,6-8H2,2-4H3. The van der Waals surface area contributed by atoms with E-state index in [0.29, 0.717) is 0 Å². The second kappa shape index (κ2) is 5.02. The predicted octanol–water partition coefficient (Wildman–Crippen LogP) is 0.554. The van der Waals surface area contributed by atoms with Crippen LogP contribution in [-0.2, 0) is 13.5 Å². The van der Waals surface area contributed by atoms with Gasteiger partial charge in [-0.25, -0.2) is 0 Å². The first kappa shape index (κ1) is 11.8. The van der Waals surface area contributed by atoms with Crippen LogP contribution >= 0.6 is 0 Å². The molecule has 1 N–H and O–H groups in total. The van der Waals surface area contributed by atoms with Gasteiger partial charge in [-0.3, -0.25) is 0 Å². The second-order valence-corrected chi connectivity index (χ2v) is 4.01. The van der Waals surface area contributed by atoms with Crippen molar-refractivity contribution in [2.75, 3.05) is 13.1 Å². The van der Waals surface area contributed by atoms with Crippen molar-refractivity contribution in [2.24, 2.45) is 12.5 Å². The summed E-state index contributed by atoms with van der Waals surface area (Å²) < 4.78 is 0. The van der Waals surface area contributed by atoms with Crippen LogP contribution in [0.1, 0.15) is 19.7 Å². The Labute approximate surface area is 90.6 Å². The molecule has 0 spiro atoms. The van der Waals surface area contributed by atoms with E-state index in [1.54, 1.807) is 7.05 Å². The third-order valence-corrected chi connectivity index (χ3v) is 2.38. The average molecular weight is 209 g/mol. The fourth-order valence-corrected chi connectivity index (χ4v) is 1.37. The fraction of sp³-hybridized carbons (Fsp3) is 0.700. The van der Waals surface area contributed by atoms with Crippen LogP contribution in [0.2, 0.25) is 0 Å². The van der Waals surface area contributed by atoms with E-state index in [2.05, 4.69) is 41.2 Å². The third kappa shape index (κ3) is 3.43. The zero-order valence-corrected chi connectivity index (χ0v) is 9.69. The van der Waals surface area contributed by atoms with E-state index >= 15 is 0 Å². The molecule has 5 heteroatoms. The zero-order chi connectivity index (χ0) is 11.3. The van der Waals surface area contributed by atoms with E-state index < -0.39 is 0 Å². The molecule has 0 saturated carbocycles. The molecule has 0 aliphatic carbocycles. The molecule has 1 atom stereocenters. The van der Waals surface area contributed by atoms with Gasteiger partial charge in [0.15, 0.2) is 5.82 Å². The smallest absolute Gasteiger partial charge is 0.175 e. The molecule has 0 aliphatic rings. The van der Waals surface area contributed by atoms with Gasteiger partial charge in [-0.2, -0.15) is 4.80 Å². The minimum atomic E-state index is -0.0148. The van der Waals surface area contributed by atoms with E-state index in [0.717, 1.165) is 25.3 Å². The molecule has 0 saturated heterocycles. The molecule has 1 unspecified atom stereocenters. The van der Waals surface area contributed by atoms with Crippen LogP contribution in [-0.4, -0.2) is 33.3 Å². The van der Waals surface area contributed by atoms with Crippen molar-refractivity contribution in [1.82, 2.24) is 25.5 Å². The molecule has 1 rings (SSSR count). The number of tetrazole rings is 1. The van der Waals surface area contributed by atoms with Gasteiger partial charge in [0, 0.05) is 18.4 Å². The molecule has 15 heavy (non-hydrogen) atoms. The number of nitrogens with one attached hydrogen (secondary N) is 1. The molecule has 84 valence electrons. The Morgan fingerprint density at radius 1 is 1.60 bits per heavy atom. The molecule has 0 radical (unpaired) electrons. The largest absolute Gasteiger partial charge is 0.316 e. The highest BCUT2D eigenvalue weighted by Gasteiger charge is 2.22. The maximum atomic E-state index is 4.17. The minimum Gasteiger partial charge on any atom is -0.316 e. The molecule has 1 heterocycles. The summed E-state index contributed by atoms with van der Waals surface area (Å²) in [6, 6.07) is 0. The molecular weight excluding hydrogens is 190 g/mol. The second-order valence-electron chi connectivity index (χ2n) is 4.01. The van der Waals surface area contributed by atoms with Crippen LogP contribution in [0.4, 0.5) is 0 Å². The quantitative estimate of drug-likeness (QED) is 0.695. The first-order valence-corrected chi connectivity index (χ1v) is 5.17. The number of nitrogens with zero attached hydrogens (tertiary/aromatic N) is 4. The van der Waals surface area contributed by atoms with Gasteiger partial charge in [-0.15, -0.1) is 16.8 Å². The normalized spacial score (nSPS) is 14.9. The Kier molecular flexibility index (Phi) is 3.96. The van der Waals surface area contributed by atoms with Gasteiger partial charge < -0.3 is 5.32 Å². The summed E-state index contributed by atoms with van der Waals surface area (Å²) >= 11 is 0. The van der Waals surface area contributed by atoms with Crippen molar-refractivity contribution >= 4 is 0 Å². The maximum absolute atomic E-state index is 4.17. The lowest BCUT2D eigenvalue weighted by molar-refractivity contribution is 0.387. The van der Waals surface area contributed by atoms with Gasteiger partial charge in [0.2, 0.25) is 0 Å². The number of aromatic nitrogens is 4. The maximum Gasteiger partial charge on any atom is 0.175 e. The Morgan fingerprint density at radius 2 is 2.33 bits per heavy atom. The molecule has 1 aromatic rings. The highest BCUT2D eigenvalue weighted by molar-refractivity contribution is 4.99. The van der Waals surface area contributed by atoms with E-state index in [1.165, 1.54) is 4.80 Å². The van der Waals surface area contributed by atoms with Crippen molar-refractivity contribution in [2.45, 2.75) is 20.3 Å². The van der Waals surface area contributed by atoms with Gasteiger partial charge in [-0.05, 0) is 11.8 Å². The van der Waals surface area contributed by atoms with E-state index in [9.17, 15) is 0 Å². The molecule has 0 aromatic carbocycles. The van der Waals surface area contributed by atoms with Crippen molar-refractivity contribution < 1.29 is 0 Å².